The first kappa shape index (κ1) is 20.8. The summed E-state index contributed by atoms with van der Waals surface area (Å²) in [6.07, 6.45) is 4.97. The highest BCUT2D eigenvalue weighted by molar-refractivity contribution is 5.91. The van der Waals surface area contributed by atoms with Crippen molar-refractivity contribution in [1.82, 2.24) is 19.7 Å². The van der Waals surface area contributed by atoms with E-state index in [0.29, 0.717) is 18.6 Å². The molecule has 0 spiro atoms. The number of methoxy groups -OCH3 is 1. The Hall–Kier alpha value is -3.42. The van der Waals surface area contributed by atoms with E-state index in [1.165, 1.54) is 12.8 Å². The molecule has 8 nitrogen and oxygen atoms in total. The third kappa shape index (κ3) is 4.68. The van der Waals surface area contributed by atoms with Gasteiger partial charge < -0.3 is 15.0 Å². The normalized spacial score (nSPS) is 13.5. The minimum Gasteiger partial charge on any atom is -0.497 e. The van der Waals surface area contributed by atoms with Crippen molar-refractivity contribution in [3.05, 3.63) is 53.6 Å². The van der Waals surface area contributed by atoms with Crippen LogP contribution in [0.2, 0.25) is 0 Å². The van der Waals surface area contributed by atoms with Gasteiger partial charge in [0, 0.05) is 43.0 Å². The van der Waals surface area contributed by atoms with Gasteiger partial charge in [0.1, 0.15) is 17.9 Å². The van der Waals surface area contributed by atoms with Crippen LogP contribution in [-0.2, 0) is 11.2 Å². The molecule has 162 valence electrons. The SMILES string of the molecule is COc1cccc(NC(=O)CCc2c(C)nn(-c3cc(N4CCCC4)ncn3)c2C)c1. The van der Waals surface area contributed by atoms with Crippen molar-refractivity contribution in [2.45, 2.75) is 39.5 Å². The van der Waals surface area contributed by atoms with Gasteiger partial charge in [-0.05, 0) is 50.8 Å². The summed E-state index contributed by atoms with van der Waals surface area (Å²) in [6, 6.07) is 9.34. The van der Waals surface area contributed by atoms with Crippen LogP contribution in [0, 0.1) is 13.8 Å². The summed E-state index contributed by atoms with van der Waals surface area (Å²) in [5.41, 5.74) is 3.71. The van der Waals surface area contributed by atoms with Crippen LogP contribution in [0.3, 0.4) is 0 Å². The van der Waals surface area contributed by atoms with Crippen molar-refractivity contribution in [3.63, 3.8) is 0 Å². The van der Waals surface area contributed by atoms with E-state index in [1.807, 2.05) is 42.8 Å². The molecule has 1 fully saturated rings. The van der Waals surface area contributed by atoms with E-state index in [9.17, 15) is 4.79 Å². The number of benzene rings is 1. The molecule has 0 atom stereocenters. The number of carbonyl (C=O) groups is 1. The molecule has 0 saturated carbocycles. The van der Waals surface area contributed by atoms with Crippen LogP contribution >= 0.6 is 0 Å². The Morgan fingerprint density at radius 1 is 1.13 bits per heavy atom. The van der Waals surface area contributed by atoms with Gasteiger partial charge in [-0.3, -0.25) is 4.79 Å². The molecule has 0 unspecified atom stereocenters. The zero-order valence-corrected chi connectivity index (χ0v) is 18.3. The van der Waals surface area contributed by atoms with E-state index >= 15 is 0 Å². The standard InChI is InChI=1S/C23H28N6O2/c1-16-20(9-10-23(30)26-18-7-6-8-19(13-18)31-3)17(2)29(27-16)22-14-21(24-15-25-22)28-11-4-5-12-28/h6-8,13-15H,4-5,9-12H2,1-3H3,(H,26,30). The second-order valence-electron chi connectivity index (χ2n) is 7.77. The van der Waals surface area contributed by atoms with Crippen LogP contribution in [-0.4, -0.2) is 45.9 Å². The average Bonchev–Trinajstić information content (AvgIpc) is 3.41. The van der Waals surface area contributed by atoms with E-state index in [1.54, 1.807) is 19.5 Å². The number of aromatic nitrogens is 4. The molecule has 4 rings (SSSR count). The van der Waals surface area contributed by atoms with Crippen molar-refractivity contribution in [2.24, 2.45) is 0 Å². The quantitative estimate of drug-likeness (QED) is 0.630. The fourth-order valence-corrected chi connectivity index (χ4v) is 3.99. The lowest BCUT2D eigenvalue weighted by Crippen LogP contribution is -2.19. The van der Waals surface area contributed by atoms with Gasteiger partial charge in [0.25, 0.3) is 0 Å². The minimum atomic E-state index is -0.0434. The van der Waals surface area contributed by atoms with Gasteiger partial charge in [-0.2, -0.15) is 5.10 Å². The number of ether oxygens (including phenoxy) is 1. The molecule has 2 aromatic heterocycles. The summed E-state index contributed by atoms with van der Waals surface area (Å²) in [5, 5.41) is 7.62. The molecule has 8 heteroatoms. The molecule has 1 N–H and O–H groups in total. The van der Waals surface area contributed by atoms with Crippen molar-refractivity contribution < 1.29 is 9.53 Å². The summed E-state index contributed by atoms with van der Waals surface area (Å²) in [5.74, 6) is 2.36. The molecular weight excluding hydrogens is 392 g/mol. The number of hydrogen-bond donors (Lipinski definition) is 1. The maximum atomic E-state index is 12.5. The Labute approximate surface area is 182 Å². The minimum absolute atomic E-state index is 0.0434. The Kier molecular flexibility index (Phi) is 6.16. The number of amides is 1. The molecule has 0 radical (unpaired) electrons. The van der Waals surface area contributed by atoms with E-state index < -0.39 is 0 Å². The second-order valence-corrected chi connectivity index (χ2v) is 7.77. The number of nitrogens with zero attached hydrogens (tertiary/aromatic N) is 5. The predicted molar refractivity (Wildman–Crippen MR) is 120 cm³/mol. The maximum absolute atomic E-state index is 12.5. The lowest BCUT2D eigenvalue weighted by Gasteiger charge is -2.16. The lowest BCUT2D eigenvalue weighted by molar-refractivity contribution is -0.116. The molecular formula is C23H28N6O2. The Morgan fingerprint density at radius 3 is 2.68 bits per heavy atom. The molecule has 3 heterocycles. The molecule has 1 amide bonds. The molecule has 0 bridgehead atoms. The first-order valence-electron chi connectivity index (χ1n) is 10.6. The van der Waals surface area contributed by atoms with Crippen molar-refractivity contribution in [3.8, 4) is 11.6 Å². The Morgan fingerprint density at radius 2 is 1.90 bits per heavy atom. The van der Waals surface area contributed by atoms with Gasteiger partial charge in [0.15, 0.2) is 5.82 Å². The van der Waals surface area contributed by atoms with E-state index in [-0.39, 0.29) is 5.91 Å². The van der Waals surface area contributed by atoms with Crippen LogP contribution in [0.25, 0.3) is 5.82 Å². The number of carbonyl (C=O) groups excluding carboxylic acids is 1. The van der Waals surface area contributed by atoms with Crippen LogP contribution in [0.1, 0.15) is 36.2 Å². The summed E-state index contributed by atoms with van der Waals surface area (Å²) in [4.78, 5) is 23.6. The fourth-order valence-electron chi connectivity index (χ4n) is 3.99. The van der Waals surface area contributed by atoms with Gasteiger partial charge in [0.2, 0.25) is 5.91 Å². The van der Waals surface area contributed by atoms with Crippen molar-refractivity contribution in [1.29, 1.82) is 0 Å². The Bertz CT molecular complexity index is 1070. The van der Waals surface area contributed by atoms with Crippen LogP contribution < -0.4 is 15.0 Å². The first-order chi connectivity index (χ1) is 15.0. The third-order valence-corrected chi connectivity index (χ3v) is 5.68. The van der Waals surface area contributed by atoms with Gasteiger partial charge in [-0.1, -0.05) is 6.07 Å². The predicted octanol–water partition coefficient (Wildman–Crippen LogP) is 3.46. The largest absolute Gasteiger partial charge is 0.497 e. The van der Waals surface area contributed by atoms with Crippen molar-refractivity contribution >= 4 is 17.4 Å². The highest BCUT2D eigenvalue weighted by atomic mass is 16.5. The molecule has 1 saturated heterocycles. The summed E-state index contributed by atoms with van der Waals surface area (Å²) in [6.45, 7) is 6.05. The highest BCUT2D eigenvalue weighted by Gasteiger charge is 2.18. The molecule has 1 aromatic carbocycles. The molecule has 31 heavy (non-hydrogen) atoms. The third-order valence-electron chi connectivity index (χ3n) is 5.68. The van der Waals surface area contributed by atoms with Gasteiger partial charge in [-0.15, -0.1) is 0 Å². The van der Waals surface area contributed by atoms with Crippen LogP contribution in [0.4, 0.5) is 11.5 Å². The van der Waals surface area contributed by atoms with Gasteiger partial charge in [-0.25, -0.2) is 14.6 Å². The lowest BCUT2D eigenvalue weighted by atomic mass is 10.1. The highest BCUT2D eigenvalue weighted by Crippen LogP contribution is 2.23. The monoisotopic (exact) mass is 420 g/mol. The van der Waals surface area contributed by atoms with Crippen LogP contribution in [0.5, 0.6) is 5.75 Å². The molecule has 1 aliphatic rings. The van der Waals surface area contributed by atoms with Gasteiger partial charge >= 0.3 is 0 Å². The smallest absolute Gasteiger partial charge is 0.224 e. The summed E-state index contributed by atoms with van der Waals surface area (Å²) < 4.78 is 7.06. The zero-order chi connectivity index (χ0) is 21.8. The van der Waals surface area contributed by atoms with E-state index in [2.05, 4.69) is 20.2 Å². The molecule has 3 aromatic rings. The molecule has 1 aliphatic heterocycles. The average molecular weight is 421 g/mol. The number of anilines is 2. The number of nitrogens with one attached hydrogen (secondary N) is 1. The van der Waals surface area contributed by atoms with E-state index in [4.69, 9.17) is 9.84 Å². The zero-order valence-electron chi connectivity index (χ0n) is 18.3. The maximum Gasteiger partial charge on any atom is 0.224 e. The number of hydrogen-bond acceptors (Lipinski definition) is 6. The number of aryl methyl sites for hydroxylation is 1. The number of rotatable bonds is 7. The fraction of sp³-hybridized carbons (Fsp3) is 0.391. The second kappa shape index (κ2) is 9.16. The van der Waals surface area contributed by atoms with Gasteiger partial charge in [0.05, 0.1) is 12.8 Å². The summed E-state index contributed by atoms with van der Waals surface area (Å²) in [7, 11) is 1.61. The van der Waals surface area contributed by atoms with Crippen LogP contribution in [0.15, 0.2) is 36.7 Å². The Balaban J connectivity index is 1.46. The summed E-state index contributed by atoms with van der Waals surface area (Å²) >= 11 is 0. The first-order valence-corrected chi connectivity index (χ1v) is 10.6. The molecule has 0 aliphatic carbocycles. The van der Waals surface area contributed by atoms with E-state index in [0.717, 1.165) is 47.4 Å². The topological polar surface area (TPSA) is 85.2 Å². The van der Waals surface area contributed by atoms with Crippen molar-refractivity contribution in [2.75, 3.05) is 30.4 Å².